The Kier molecular flexibility index (Phi) is 11.6. The highest BCUT2D eigenvalue weighted by molar-refractivity contribution is 5.76. The topological polar surface area (TPSA) is 29.5 Å². The number of hydrogen-bond donors (Lipinski definition) is 0. The molecule has 0 spiro atoms. The third-order valence-corrected chi connectivity index (χ3v) is 4.81. The molecule has 22 heavy (non-hydrogen) atoms. The number of rotatable bonds is 13. The van der Waals surface area contributed by atoms with Gasteiger partial charge in [0.25, 0.3) is 0 Å². The van der Waals surface area contributed by atoms with Crippen molar-refractivity contribution >= 4 is 5.97 Å². The number of carbonyl (C=O) groups excluding carboxylic acids is 1. The maximum Gasteiger partial charge on any atom is 0.312 e. The third kappa shape index (κ3) is 7.62. The zero-order valence-electron chi connectivity index (χ0n) is 15.9. The normalized spacial score (nSPS) is 14.4. The molecule has 0 saturated heterocycles. The number of hydrogen-bond acceptors (Lipinski definition) is 3. The summed E-state index contributed by atoms with van der Waals surface area (Å²) in [6.07, 6.45) is 6.78. The van der Waals surface area contributed by atoms with Crippen LogP contribution in [-0.2, 0) is 9.53 Å². The minimum Gasteiger partial charge on any atom is -0.464 e. The second kappa shape index (κ2) is 11.9. The summed E-state index contributed by atoms with van der Waals surface area (Å²) in [5.41, 5.74) is -0.341. The lowest BCUT2D eigenvalue weighted by molar-refractivity contribution is -0.158. The fourth-order valence-electron chi connectivity index (χ4n) is 2.68. The molecule has 3 nitrogen and oxygen atoms in total. The fourth-order valence-corrected chi connectivity index (χ4v) is 2.68. The number of carbonyl (C=O) groups is 1. The molecule has 0 fully saturated rings. The van der Waals surface area contributed by atoms with E-state index in [-0.39, 0.29) is 11.4 Å². The van der Waals surface area contributed by atoms with Crippen LogP contribution in [0, 0.1) is 11.3 Å². The summed E-state index contributed by atoms with van der Waals surface area (Å²) in [6, 6.07) is 0. The van der Waals surface area contributed by atoms with E-state index in [0.29, 0.717) is 12.5 Å². The highest BCUT2D eigenvalue weighted by Gasteiger charge is 2.37. The molecule has 0 saturated carbocycles. The average Bonchev–Trinajstić information content (AvgIpc) is 2.49. The van der Waals surface area contributed by atoms with Crippen molar-refractivity contribution in [1.29, 1.82) is 0 Å². The molecule has 0 radical (unpaired) electrons. The van der Waals surface area contributed by atoms with Gasteiger partial charge in [0.1, 0.15) is 6.61 Å². The van der Waals surface area contributed by atoms with Crippen molar-refractivity contribution in [2.45, 2.75) is 80.1 Å². The van der Waals surface area contributed by atoms with Crippen molar-refractivity contribution < 1.29 is 9.53 Å². The van der Waals surface area contributed by atoms with Crippen LogP contribution in [0.2, 0.25) is 0 Å². The molecule has 0 aromatic heterocycles. The van der Waals surface area contributed by atoms with Gasteiger partial charge in [0.15, 0.2) is 0 Å². The summed E-state index contributed by atoms with van der Waals surface area (Å²) in [5, 5.41) is 0. The van der Waals surface area contributed by atoms with Crippen molar-refractivity contribution in [1.82, 2.24) is 4.90 Å². The molecule has 0 heterocycles. The van der Waals surface area contributed by atoms with Gasteiger partial charge in [0, 0.05) is 6.54 Å². The average molecular weight is 314 g/mol. The van der Waals surface area contributed by atoms with Crippen LogP contribution in [0.3, 0.4) is 0 Å². The van der Waals surface area contributed by atoms with Crippen LogP contribution in [0.15, 0.2) is 0 Å². The summed E-state index contributed by atoms with van der Waals surface area (Å²) in [6.45, 7) is 16.5. The van der Waals surface area contributed by atoms with Crippen LogP contribution < -0.4 is 0 Å². The van der Waals surface area contributed by atoms with Gasteiger partial charge in [-0.2, -0.15) is 0 Å². The lowest BCUT2D eigenvalue weighted by Crippen LogP contribution is -2.37. The van der Waals surface area contributed by atoms with Crippen molar-refractivity contribution in [3.05, 3.63) is 0 Å². The van der Waals surface area contributed by atoms with E-state index in [0.717, 1.165) is 32.5 Å². The fraction of sp³-hybridized carbons (Fsp3) is 0.947. The third-order valence-electron chi connectivity index (χ3n) is 4.81. The molecule has 0 aromatic carbocycles. The van der Waals surface area contributed by atoms with Gasteiger partial charge in [-0.05, 0) is 45.2 Å². The molecule has 0 N–H and O–H groups in total. The van der Waals surface area contributed by atoms with Crippen molar-refractivity contribution in [2.75, 3.05) is 26.2 Å². The summed E-state index contributed by atoms with van der Waals surface area (Å²) in [7, 11) is 0. The monoisotopic (exact) mass is 313 g/mol. The van der Waals surface area contributed by atoms with E-state index >= 15 is 0 Å². The summed E-state index contributed by atoms with van der Waals surface area (Å²) < 4.78 is 5.63. The predicted octanol–water partition coefficient (Wildman–Crippen LogP) is 4.89. The van der Waals surface area contributed by atoms with Gasteiger partial charge in [-0.1, -0.05) is 53.9 Å². The second-order valence-corrected chi connectivity index (χ2v) is 7.01. The van der Waals surface area contributed by atoms with Gasteiger partial charge in [-0.25, -0.2) is 0 Å². The zero-order chi connectivity index (χ0) is 17.0. The Labute approximate surface area is 138 Å². The van der Waals surface area contributed by atoms with Gasteiger partial charge in [0.2, 0.25) is 0 Å². The minimum atomic E-state index is -0.341. The van der Waals surface area contributed by atoms with Crippen molar-refractivity contribution in [2.24, 2.45) is 11.3 Å². The molecule has 1 unspecified atom stereocenters. The molecule has 1 atom stereocenters. The van der Waals surface area contributed by atoms with E-state index in [1.807, 2.05) is 0 Å². The Morgan fingerprint density at radius 3 is 1.95 bits per heavy atom. The van der Waals surface area contributed by atoms with Gasteiger partial charge < -0.3 is 4.74 Å². The summed E-state index contributed by atoms with van der Waals surface area (Å²) >= 11 is 0. The predicted molar refractivity (Wildman–Crippen MR) is 95.1 cm³/mol. The van der Waals surface area contributed by atoms with Crippen molar-refractivity contribution in [3.8, 4) is 0 Å². The molecule has 0 amide bonds. The molecule has 0 aliphatic rings. The van der Waals surface area contributed by atoms with E-state index < -0.39 is 0 Å². The lowest BCUT2D eigenvalue weighted by Gasteiger charge is -2.31. The molecule has 0 rings (SSSR count). The second-order valence-electron chi connectivity index (χ2n) is 7.01. The van der Waals surface area contributed by atoms with Gasteiger partial charge in [0.05, 0.1) is 5.41 Å². The number of nitrogens with zero attached hydrogens (tertiary/aromatic N) is 1. The van der Waals surface area contributed by atoms with Crippen LogP contribution in [-0.4, -0.2) is 37.1 Å². The van der Waals surface area contributed by atoms with E-state index in [9.17, 15) is 4.79 Å². The first kappa shape index (κ1) is 21.4. The quantitative estimate of drug-likeness (QED) is 0.453. The first-order valence-corrected chi connectivity index (χ1v) is 9.31. The largest absolute Gasteiger partial charge is 0.464 e. The summed E-state index contributed by atoms with van der Waals surface area (Å²) in [5.74, 6) is 0.298. The standard InChI is InChI=1S/C19H39NO2/c1-7-10-13-20(14-11-8-2)15-16-22-18(21)19(6,12-9-3)17(4)5/h17H,7-16H2,1-6H3. The summed E-state index contributed by atoms with van der Waals surface area (Å²) in [4.78, 5) is 14.9. The molecular formula is C19H39NO2. The maximum absolute atomic E-state index is 12.5. The molecule has 132 valence electrons. The molecule has 0 aliphatic carbocycles. The van der Waals surface area contributed by atoms with Crippen LogP contribution >= 0.6 is 0 Å². The molecule has 0 aromatic rings. The van der Waals surface area contributed by atoms with Crippen LogP contribution in [0.25, 0.3) is 0 Å². The van der Waals surface area contributed by atoms with Crippen LogP contribution in [0.4, 0.5) is 0 Å². The molecule has 0 aliphatic heterocycles. The first-order valence-electron chi connectivity index (χ1n) is 9.31. The van der Waals surface area contributed by atoms with Gasteiger partial charge in [-0.3, -0.25) is 9.69 Å². The molecule has 3 heteroatoms. The highest BCUT2D eigenvalue weighted by atomic mass is 16.5. The van der Waals surface area contributed by atoms with E-state index in [4.69, 9.17) is 4.74 Å². The Morgan fingerprint density at radius 1 is 1.00 bits per heavy atom. The maximum atomic E-state index is 12.5. The molecule has 0 bridgehead atoms. The van der Waals surface area contributed by atoms with Crippen LogP contribution in [0.5, 0.6) is 0 Å². The van der Waals surface area contributed by atoms with Gasteiger partial charge >= 0.3 is 5.97 Å². The van der Waals surface area contributed by atoms with Gasteiger partial charge in [-0.15, -0.1) is 0 Å². The number of esters is 1. The first-order chi connectivity index (χ1) is 10.4. The lowest BCUT2D eigenvalue weighted by atomic mass is 9.75. The van der Waals surface area contributed by atoms with E-state index in [1.54, 1.807) is 0 Å². The van der Waals surface area contributed by atoms with Crippen LogP contribution in [0.1, 0.15) is 80.1 Å². The van der Waals surface area contributed by atoms with E-state index in [1.165, 1.54) is 25.7 Å². The van der Waals surface area contributed by atoms with Crippen molar-refractivity contribution in [3.63, 3.8) is 0 Å². The van der Waals surface area contributed by atoms with E-state index in [2.05, 4.69) is 46.4 Å². The Hall–Kier alpha value is -0.570. The zero-order valence-corrected chi connectivity index (χ0v) is 15.9. The Bertz CT molecular complexity index is 283. The Morgan fingerprint density at radius 2 is 1.55 bits per heavy atom. The minimum absolute atomic E-state index is 0.0183. The Balaban J connectivity index is 4.34. The number of ether oxygens (including phenoxy) is 1. The smallest absolute Gasteiger partial charge is 0.312 e. The number of unbranched alkanes of at least 4 members (excludes halogenated alkanes) is 2. The highest BCUT2D eigenvalue weighted by Crippen LogP contribution is 2.33. The SMILES string of the molecule is CCCCN(CCCC)CCOC(=O)C(C)(CCC)C(C)C. The molecular weight excluding hydrogens is 274 g/mol.